The lowest BCUT2D eigenvalue weighted by molar-refractivity contribution is -0.121. The third-order valence-corrected chi connectivity index (χ3v) is 2.68. The molecule has 116 valence electrons. The number of nitrogens with one attached hydrogen (secondary N) is 2. The van der Waals surface area contributed by atoms with Gasteiger partial charge < -0.3 is 15.5 Å². The number of benzene rings is 1. The number of carbonyl (C=O) groups is 1. The third-order valence-electron chi connectivity index (χ3n) is 2.68. The predicted octanol–water partition coefficient (Wildman–Crippen LogP) is 1.82. The quantitative estimate of drug-likeness (QED) is 0.805. The van der Waals surface area contributed by atoms with Crippen molar-refractivity contribution in [2.24, 2.45) is 0 Å². The minimum atomic E-state index is 0. The van der Waals surface area contributed by atoms with Gasteiger partial charge in [-0.1, -0.05) is 24.3 Å². The van der Waals surface area contributed by atoms with Gasteiger partial charge in [-0.15, -0.1) is 24.8 Å². The second-order valence-corrected chi connectivity index (χ2v) is 4.64. The number of hydrogen-bond acceptors (Lipinski definition) is 3. The van der Waals surface area contributed by atoms with Crippen molar-refractivity contribution in [1.29, 1.82) is 0 Å². The van der Waals surface area contributed by atoms with E-state index in [9.17, 15) is 4.79 Å². The van der Waals surface area contributed by atoms with Gasteiger partial charge in [0.2, 0.25) is 5.91 Å². The molecule has 0 aliphatic carbocycles. The molecule has 4 nitrogen and oxygen atoms in total. The highest BCUT2D eigenvalue weighted by molar-refractivity contribution is 5.85. The molecule has 2 N–H and O–H groups in total. The molecule has 0 spiro atoms. The first-order valence-corrected chi connectivity index (χ1v) is 6.26. The van der Waals surface area contributed by atoms with E-state index in [1.807, 2.05) is 33.3 Å². The monoisotopic (exact) mass is 321 g/mol. The molecule has 20 heavy (non-hydrogen) atoms. The van der Waals surface area contributed by atoms with Crippen LogP contribution in [0.15, 0.2) is 24.3 Å². The van der Waals surface area contributed by atoms with Crippen molar-refractivity contribution in [2.75, 3.05) is 27.7 Å². The van der Waals surface area contributed by atoms with Crippen LogP contribution in [0.5, 0.6) is 0 Å². The lowest BCUT2D eigenvalue weighted by Crippen LogP contribution is -2.26. The number of carbonyl (C=O) groups excluding carboxylic acids is 1. The van der Waals surface area contributed by atoms with Gasteiger partial charge in [0.1, 0.15) is 0 Å². The average molecular weight is 322 g/mol. The van der Waals surface area contributed by atoms with E-state index in [2.05, 4.69) is 27.7 Å². The Morgan fingerprint density at radius 3 is 2.30 bits per heavy atom. The lowest BCUT2D eigenvalue weighted by Gasteiger charge is -2.14. The van der Waals surface area contributed by atoms with Crippen molar-refractivity contribution in [2.45, 2.75) is 19.5 Å². The molecule has 0 saturated carbocycles. The zero-order valence-corrected chi connectivity index (χ0v) is 13.9. The fraction of sp³-hybridized carbons (Fsp3) is 0.500. The lowest BCUT2D eigenvalue weighted by atomic mass is 10.1. The minimum absolute atomic E-state index is 0. The first-order valence-electron chi connectivity index (χ1n) is 6.26. The molecule has 1 rings (SSSR count). The second kappa shape index (κ2) is 12.0. The van der Waals surface area contributed by atoms with Crippen LogP contribution in [0, 0.1) is 0 Å². The van der Waals surface area contributed by atoms with E-state index in [4.69, 9.17) is 0 Å². The largest absolute Gasteiger partial charge is 0.352 e. The van der Waals surface area contributed by atoms with E-state index < -0.39 is 0 Å². The third kappa shape index (κ3) is 8.38. The Bertz CT molecular complexity index is 386. The fourth-order valence-corrected chi connectivity index (χ4v) is 1.75. The molecule has 0 aliphatic heterocycles. The normalized spacial score (nSPS) is 9.60. The fourth-order valence-electron chi connectivity index (χ4n) is 1.75. The summed E-state index contributed by atoms with van der Waals surface area (Å²) in [6.07, 6.45) is 0.520. The van der Waals surface area contributed by atoms with E-state index >= 15 is 0 Å². The van der Waals surface area contributed by atoms with Crippen LogP contribution in [-0.4, -0.2) is 38.5 Å². The molecule has 0 aliphatic rings. The molecule has 0 heterocycles. The van der Waals surface area contributed by atoms with Crippen LogP contribution < -0.4 is 10.6 Å². The zero-order chi connectivity index (χ0) is 13.4. The number of nitrogens with zero attached hydrogens (tertiary/aromatic N) is 1. The van der Waals surface area contributed by atoms with E-state index in [-0.39, 0.29) is 30.7 Å². The second-order valence-electron chi connectivity index (χ2n) is 4.64. The van der Waals surface area contributed by atoms with Gasteiger partial charge in [-0.2, -0.15) is 0 Å². The van der Waals surface area contributed by atoms with Crippen LogP contribution in [0.2, 0.25) is 0 Å². The highest BCUT2D eigenvalue weighted by atomic mass is 35.5. The van der Waals surface area contributed by atoms with Gasteiger partial charge >= 0.3 is 0 Å². The van der Waals surface area contributed by atoms with Gasteiger partial charge in [0.05, 0.1) is 0 Å². The molecule has 6 heteroatoms. The summed E-state index contributed by atoms with van der Waals surface area (Å²) in [5.41, 5.74) is 2.44. The number of hydrogen-bond donors (Lipinski definition) is 2. The topological polar surface area (TPSA) is 44.4 Å². The van der Waals surface area contributed by atoms with Gasteiger partial charge in [-0.3, -0.25) is 4.79 Å². The predicted molar refractivity (Wildman–Crippen MR) is 88.7 cm³/mol. The Labute approximate surface area is 134 Å². The Hall–Kier alpha value is -0.810. The Morgan fingerprint density at radius 1 is 1.15 bits per heavy atom. The maximum Gasteiger partial charge on any atom is 0.221 e. The van der Waals surface area contributed by atoms with Crippen LogP contribution in [0.1, 0.15) is 17.5 Å². The molecule has 0 radical (unpaired) electrons. The number of halogens is 2. The van der Waals surface area contributed by atoms with Crippen LogP contribution in [0.25, 0.3) is 0 Å². The smallest absolute Gasteiger partial charge is 0.221 e. The summed E-state index contributed by atoms with van der Waals surface area (Å²) in [6, 6.07) is 8.21. The van der Waals surface area contributed by atoms with Gasteiger partial charge in [0, 0.05) is 26.1 Å². The zero-order valence-electron chi connectivity index (χ0n) is 12.3. The summed E-state index contributed by atoms with van der Waals surface area (Å²) < 4.78 is 0. The Morgan fingerprint density at radius 2 is 1.75 bits per heavy atom. The standard InChI is InChI=1S/C14H23N3O.2ClH/c1-15-9-8-14(18)16-10-12-6-4-5-7-13(12)11-17(2)3;;/h4-7,15H,8-11H2,1-3H3,(H,16,18);2*1H. The summed E-state index contributed by atoms with van der Waals surface area (Å²) in [4.78, 5) is 13.7. The molecule has 1 amide bonds. The maximum atomic E-state index is 11.5. The maximum absolute atomic E-state index is 11.5. The molecular formula is C14H25Cl2N3O. The first kappa shape index (κ1) is 21.5. The van der Waals surface area contributed by atoms with Crippen molar-refractivity contribution in [3.8, 4) is 0 Å². The SMILES string of the molecule is CNCCC(=O)NCc1ccccc1CN(C)C.Cl.Cl. The summed E-state index contributed by atoms with van der Waals surface area (Å²) in [5, 5.41) is 5.92. The minimum Gasteiger partial charge on any atom is -0.352 e. The van der Waals surface area contributed by atoms with Crippen LogP contribution >= 0.6 is 24.8 Å². The van der Waals surface area contributed by atoms with E-state index in [1.165, 1.54) is 11.1 Å². The molecule has 0 aromatic heterocycles. The highest BCUT2D eigenvalue weighted by Crippen LogP contribution is 2.10. The Kier molecular flexibility index (Phi) is 12.9. The average Bonchev–Trinajstić information content (AvgIpc) is 2.34. The van der Waals surface area contributed by atoms with E-state index in [1.54, 1.807) is 0 Å². The molecule has 1 aromatic rings. The molecule has 0 saturated heterocycles. The molecule has 0 fully saturated rings. The molecule has 0 atom stereocenters. The highest BCUT2D eigenvalue weighted by Gasteiger charge is 2.05. The molecule has 0 bridgehead atoms. The summed E-state index contributed by atoms with van der Waals surface area (Å²) in [7, 11) is 5.93. The van der Waals surface area contributed by atoms with Crippen molar-refractivity contribution in [1.82, 2.24) is 15.5 Å². The van der Waals surface area contributed by atoms with Crippen molar-refractivity contribution >= 4 is 30.7 Å². The summed E-state index contributed by atoms with van der Waals surface area (Å²) in [6.45, 7) is 2.21. The van der Waals surface area contributed by atoms with Crippen molar-refractivity contribution < 1.29 is 4.79 Å². The summed E-state index contributed by atoms with van der Waals surface area (Å²) in [5.74, 6) is 0.0870. The molecule has 1 aromatic carbocycles. The number of rotatable bonds is 7. The van der Waals surface area contributed by atoms with Crippen molar-refractivity contribution in [3.63, 3.8) is 0 Å². The number of amides is 1. The molecule has 0 unspecified atom stereocenters. The van der Waals surface area contributed by atoms with Gasteiger partial charge in [-0.25, -0.2) is 0 Å². The summed E-state index contributed by atoms with van der Waals surface area (Å²) >= 11 is 0. The molecular weight excluding hydrogens is 297 g/mol. The Balaban J connectivity index is 0. The van der Waals surface area contributed by atoms with E-state index in [0.29, 0.717) is 19.5 Å². The van der Waals surface area contributed by atoms with Crippen molar-refractivity contribution in [3.05, 3.63) is 35.4 Å². The van der Waals surface area contributed by atoms with Gasteiger partial charge in [0.15, 0.2) is 0 Å². The van der Waals surface area contributed by atoms with Crippen LogP contribution in [0.4, 0.5) is 0 Å². The van der Waals surface area contributed by atoms with Gasteiger partial charge in [0.25, 0.3) is 0 Å². The van der Waals surface area contributed by atoms with Crippen LogP contribution in [0.3, 0.4) is 0 Å². The van der Waals surface area contributed by atoms with Crippen LogP contribution in [-0.2, 0) is 17.9 Å². The first-order chi connectivity index (χ1) is 8.63. The van der Waals surface area contributed by atoms with Gasteiger partial charge in [-0.05, 0) is 32.3 Å². The van der Waals surface area contributed by atoms with E-state index in [0.717, 1.165) is 6.54 Å².